The number of carbonyl (C=O) groups is 1. The molecule has 1 N–H and O–H groups in total. The normalized spacial score (nSPS) is 13.3. The molecule has 0 aliphatic carbocycles. The molecule has 1 aromatic carbocycles. The highest BCUT2D eigenvalue weighted by atomic mass is 32.2. The standard InChI is InChI=1S/C17H26N2O6S/c1-23-10-4-8-18-17(20)5-3-9-19(26(2,21)22)14-6-7-15-16(13-14)25-12-11-24-15/h6-7,13H,3-5,8-12H2,1-2H3,(H,18,20). The second kappa shape index (κ2) is 9.63. The van der Waals surface area contributed by atoms with Crippen LogP contribution >= 0.6 is 0 Å². The summed E-state index contributed by atoms with van der Waals surface area (Å²) in [5, 5.41) is 2.79. The first-order chi connectivity index (χ1) is 12.4. The van der Waals surface area contributed by atoms with Crippen LogP contribution in [0.3, 0.4) is 0 Å². The Morgan fingerprint density at radius 3 is 2.65 bits per heavy atom. The van der Waals surface area contributed by atoms with Crippen LogP contribution in [0.1, 0.15) is 19.3 Å². The fourth-order valence-electron chi connectivity index (χ4n) is 2.59. The molecule has 0 bridgehead atoms. The summed E-state index contributed by atoms with van der Waals surface area (Å²) < 4.78 is 41.5. The Labute approximate surface area is 154 Å². The van der Waals surface area contributed by atoms with Crippen molar-refractivity contribution in [1.29, 1.82) is 0 Å². The molecular weight excluding hydrogens is 360 g/mol. The summed E-state index contributed by atoms with van der Waals surface area (Å²) in [7, 11) is -1.87. The van der Waals surface area contributed by atoms with Crippen LogP contribution in [0.2, 0.25) is 0 Å². The minimum atomic E-state index is -3.48. The van der Waals surface area contributed by atoms with Gasteiger partial charge in [0.25, 0.3) is 0 Å². The van der Waals surface area contributed by atoms with E-state index in [9.17, 15) is 13.2 Å². The molecule has 0 radical (unpaired) electrons. The van der Waals surface area contributed by atoms with Gasteiger partial charge < -0.3 is 19.5 Å². The average molecular weight is 386 g/mol. The molecule has 8 nitrogen and oxygen atoms in total. The maximum atomic E-state index is 12.2. The summed E-state index contributed by atoms with van der Waals surface area (Å²) in [5.41, 5.74) is 0.497. The molecule has 26 heavy (non-hydrogen) atoms. The number of hydrogen-bond acceptors (Lipinski definition) is 6. The number of anilines is 1. The predicted octanol–water partition coefficient (Wildman–Crippen LogP) is 1.16. The number of ether oxygens (including phenoxy) is 3. The van der Waals surface area contributed by atoms with E-state index in [-0.39, 0.29) is 18.9 Å². The number of methoxy groups -OCH3 is 1. The summed E-state index contributed by atoms with van der Waals surface area (Å²) in [6.45, 7) is 2.25. The molecule has 0 spiro atoms. The highest BCUT2D eigenvalue weighted by Crippen LogP contribution is 2.34. The number of fused-ring (bicyclic) bond motifs is 1. The smallest absolute Gasteiger partial charge is 0.232 e. The minimum Gasteiger partial charge on any atom is -0.486 e. The van der Waals surface area contributed by atoms with Crippen molar-refractivity contribution >= 4 is 21.6 Å². The van der Waals surface area contributed by atoms with Crippen molar-refractivity contribution in [2.24, 2.45) is 0 Å². The first kappa shape index (κ1) is 20.3. The van der Waals surface area contributed by atoms with E-state index in [1.54, 1.807) is 25.3 Å². The Bertz CT molecular complexity index is 707. The second-order valence-electron chi connectivity index (χ2n) is 5.96. The van der Waals surface area contributed by atoms with E-state index in [0.29, 0.717) is 50.0 Å². The molecule has 0 aromatic heterocycles. The molecule has 1 heterocycles. The van der Waals surface area contributed by atoms with Gasteiger partial charge in [0.1, 0.15) is 13.2 Å². The zero-order valence-corrected chi connectivity index (χ0v) is 16.0. The van der Waals surface area contributed by atoms with Crippen molar-refractivity contribution in [1.82, 2.24) is 5.32 Å². The van der Waals surface area contributed by atoms with Crippen LogP contribution in [0.25, 0.3) is 0 Å². The lowest BCUT2D eigenvalue weighted by atomic mass is 10.2. The van der Waals surface area contributed by atoms with Crippen molar-refractivity contribution in [2.45, 2.75) is 19.3 Å². The van der Waals surface area contributed by atoms with Crippen LogP contribution < -0.4 is 19.1 Å². The molecular formula is C17H26N2O6S. The van der Waals surface area contributed by atoms with Crippen LogP contribution in [0.4, 0.5) is 5.69 Å². The number of hydrogen-bond donors (Lipinski definition) is 1. The molecule has 1 aromatic rings. The van der Waals surface area contributed by atoms with E-state index >= 15 is 0 Å². The van der Waals surface area contributed by atoms with E-state index in [4.69, 9.17) is 14.2 Å². The fourth-order valence-corrected chi connectivity index (χ4v) is 3.55. The Kier molecular flexibility index (Phi) is 7.52. The SMILES string of the molecule is COCCCNC(=O)CCCN(c1ccc2c(c1)OCCO2)S(C)(=O)=O. The minimum absolute atomic E-state index is 0.100. The van der Waals surface area contributed by atoms with Crippen molar-refractivity contribution in [3.8, 4) is 11.5 Å². The Morgan fingerprint density at radius 1 is 1.23 bits per heavy atom. The molecule has 1 amide bonds. The molecule has 1 aliphatic heterocycles. The van der Waals surface area contributed by atoms with Gasteiger partial charge in [0, 0.05) is 39.3 Å². The summed E-state index contributed by atoms with van der Waals surface area (Å²) in [4.78, 5) is 11.8. The summed E-state index contributed by atoms with van der Waals surface area (Å²) >= 11 is 0. The van der Waals surface area contributed by atoms with Crippen molar-refractivity contribution < 1.29 is 27.4 Å². The van der Waals surface area contributed by atoms with Gasteiger partial charge in [-0.3, -0.25) is 9.10 Å². The van der Waals surface area contributed by atoms with Crippen LogP contribution in [-0.4, -0.2) is 60.6 Å². The van der Waals surface area contributed by atoms with Crippen LogP contribution in [0, 0.1) is 0 Å². The number of sulfonamides is 1. The summed E-state index contributed by atoms with van der Waals surface area (Å²) in [6, 6.07) is 5.03. The largest absolute Gasteiger partial charge is 0.486 e. The molecule has 0 saturated carbocycles. The van der Waals surface area contributed by atoms with E-state index in [2.05, 4.69) is 5.32 Å². The lowest BCUT2D eigenvalue weighted by molar-refractivity contribution is -0.121. The van der Waals surface area contributed by atoms with Gasteiger partial charge >= 0.3 is 0 Å². The van der Waals surface area contributed by atoms with Crippen LogP contribution in [0.15, 0.2) is 18.2 Å². The maximum Gasteiger partial charge on any atom is 0.232 e. The van der Waals surface area contributed by atoms with Crippen LogP contribution in [-0.2, 0) is 19.6 Å². The molecule has 1 aliphatic rings. The second-order valence-corrected chi connectivity index (χ2v) is 7.87. The molecule has 0 unspecified atom stereocenters. The van der Waals surface area contributed by atoms with Gasteiger partial charge in [0.2, 0.25) is 15.9 Å². The first-order valence-electron chi connectivity index (χ1n) is 8.55. The molecule has 9 heteroatoms. The van der Waals surface area contributed by atoms with Gasteiger partial charge in [-0.1, -0.05) is 0 Å². The Morgan fingerprint density at radius 2 is 1.96 bits per heavy atom. The monoisotopic (exact) mass is 386 g/mol. The van der Waals surface area contributed by atoms with E-state index in [1.807, 2.05) is 0 Å². The summed E-state index contributed by atoms with van der Waals surface area (Å²) in [6.07, 6.45) is 2.56. The van der Waals surface area contributed by atoms with Crippen molar-refractivity contribution in [2.75, 3.05) is 50.6 Å². The number of nitrogens with zero attached hydrogens (tertiary/aromatic N) is 1. The third kappa shape index (κ3) is 6.06. The number of carbonyl (C=O) groups excluding carboxylic acids is 1. The van der Waals surface area contributed by atoms with Crippen LogP contribution in [0.5, 0.6) is 11.5 Å². The van der Waals surface area contributed by atoms with Gasteiger partial charge in [-0.05, 0) is 25.0 Å². The van der Waals surface area contributed by atoms with Gasteiger partial charge in [-0.2, -0.15) is 0 Å². The van der Waals surface area contributed by atoms with Gasteiger partial charge in [0.15, 0.2) is 11.5 Å². The van der Waals surface area contributed by atoms with E-state index in [0.717, 1.165) is 12.7 Å². The first-order valence-corrected chi connectivity index (χ1v) is 10.4. The van der Waals surface area contributed by atoms with Gasteiger partial charge in [0.05, 0.1) is 11.9 Å². The van der Waals surface area contributed by atoms with Gasteiger partial charge in [-0.15, -0.1) is 0 Å². The van der Waals surface area contributed by atoms with E-state index in [1.165, 1.54) is 4.31 Å². The molecule has 2 rings (SSSR count). The lowest BCUT2D eigenvalue weighted by Crippen LogP contribution is -2.32. The van der Waals surface area contributed by atoms with Crippen molar-refractivity contribution in [3.63, 3.8) is 0 Å². The molecule has 0 saturated heterocycles. The zero-order chi connectivity index (χ0) is 19.0. The number of nitrogens with one attached hydrogen (secondary N) is 1. The van der Waals surface area contributed by atoms with E-state index < -0.39 is 10.0 Å². The highest BCUT2D eigenvalue weighted by Gasteiger charge is 2.20. The fraction of sp³-hybridized carbons (Fsp3) is 0.588. The maximum absolute atomic E-state index is 12.2. The third-order valence-electron chi connectivity index (χ3n) is 3.83. The molecule has 146 valence electrons. The third-order valence-corrected chi connectivity index (χ3v) is 5.02. The zero-order valence-electron chi connectivity index (χ0n) is 15.2. The molecule has 0 fully saturated rings. The quantitative estimate of drug-likeness (QED) is 0.607. The summed E-state index contributed by atoms with van der Waals surface area (Å²) in [5.74, 6) is 1.03. The Hall–Kier alpha value is -2.00. The number of amides is 1. The number of benzene rings is 1. The van der Waals surface area contributed by atoms with Crippen molar-refractivity contribution in [3.05, 3.63) is 18.2 Å². The average Bonchev–Trinajstić information content (AvgIpc) is 2.61. The highest BCUT2D eigenvalue weighted by molar-refractivity contribution is 7.92. The lowest BCUT2D eigenvalue weighted by Gasteiger charge is -2.25. The molecule has 0 atom stereocenters. The topological polar surface area (TPSA) is 94.2 Å². The van der Waals surface area contributed by atoms with Gasteiger partial charge in [-0.25, -0.2) is 8.42 Å². The predicted molar refractivity (Wildman–Crippen MR) is 98.4 cm³/mol. The Balaban J connectivity index is 1.93. The number of rotatable bonds is 10.